The second-order valence-electron chi connectivity index (χ2n) is 6.90. The number of benzene rings is 2. The molecule has 3 rings (SSSR count). The highest BCUT2D eigenvalue weighted by Crippen LogP contribution is 2.21. The van der Waals surface area contributed by atoms with Crippen LogP contribution < -0.4 is 15.5 Å². The normalized spacial score (nSPS) is 15.5. The van der Waals surface area contributed by atoms with Crippen molar-refractivity contribution in [2.24, 2.45) is 4.99 Å². The van der Waals surface area contributed by atoms with Crippen LogP contribution in [0.25, 0.3) is 0 Å². The Balaban J connectivity index is 1.51. The van der Waals surface area contributed by atoms with Gasteiger partial charge < -0.3 is 20.3 Å². The van der Waals surface area contributed by atoms with Crippen molar-refractivity contribution in [2.75, 3.05) is 32.1 Å². The Morgan fingerprint density at radius 3 is 2.48 bits per heavy atom. The van der Waals surface area contributed by atoms with Gasteiger partial charge in [-0.15, -0.1) is 0 Å². The van der Waals surface area contributed by atoms with E-state index in [0.29, 0.717) is 25.5 Å². The van der Waals surface area contributed by atoms with Crippen molar-refractivity contribution in [2.45, 2.75) is 25.5 Å². The number of methoxy groups -OCH3 is 1. The summed E-state index contributed by atoms with van der Waals surface area (Å²) >= 11 is 0. The maximum absolute atomic E-state index is 13.1. The second kappa shape index (κ2) is 10.0. The Kier molecular flexibility index (Phi) is 7.19. The Bertz CT molecular complexity index is 837. The third-order valence-electron chi connectivity index (χ3n) is 4.99. The summed E-state index contributed by atoms with van der Waals surface area (Å²) in [5.41, 5.74) is 2.93. The van der Waals surface area contributed by atoms with Crippen molar-refractivity contribution < 1.29 is 13.9 Å². The van der Waals surface area contributed by atoms with Gasteiger partial charge in [-0.3, -0.25) is 9.79 Å². The van der Waals surface area contributed by atoms with E-state index in [9.17, 15) is 9.18 Å². The van der Waals surface area contributed by atoms with Gasteiger partial charge in [0, 0.05) is 45.9 Å². The van der Waals surface area contributed by atoms with Crippen molar-refractivity contribution in [3.8, 4) is 0 Å². The van der Waals surface area contributed by atoms with Gasteiger partial charge in [-0.1, -0.05) is 24.3 Å². The molecule has 2 aromatic carbocycles. The molecule has 1 atom stereocenters. The van der Waals surface area contributed by atoms with Gasteiger partial charge in [0.1, 0.15) is 5.82 Å². The topological polar surface area (TPSA) is 66.0 Å². The molecule has 1 unspecified atom stereocenters. The van der Waals surface area contributed by atoms with Gasteiger partial charge in [-0.2, -0.15) is 0 Å². The maximum atomic E-state index is 13.1. The molecule has 29 heavy (non-hydrogen) atoms. The number of nitrogens with one attached hydrogen (secondary N) is 2. The number of amides is 1. The summed E-state index contributed by atoms with van der Waals surface area (Å²) in [5, 5.41) is 6.50. The molecule has 0 aliphatic carbocycles. The van der Waals surface area contributed by atoms with Crippen LogP contribution in [-0.4, -0.2) is 39.1 Å². The maximum Gasteiger partial charge on any atom is 0.227 e. The van der Waals surface area contributed by atoms with Crippen molar-refractivity contribution in [1.29, 1.82) is 0 Å². The van der Waals surface area contributed by atoms with E-state index in [1.54, 1.807) is 26.3 Å². The summed E-state index contributed by atoms with van der Waals surface area (Å²) in [6.45, 7) is 1.89. The zero-order chi connectivity index (χ0) is 20.6. The highest BCUT2D eigenvalue weighted by molar-refractivity contribution is 5.95. The molecule has 0 spiro atoms. The third-order valence-corrected chi connectivity index (χ3v) is 4.99. The highest BCUT2D eigenvalue weighted by atomic mass is 19.1. The Labute approximate surface area is 170 Å². The van der Waals surface area contributed by atoms with Crippen LogP contribution in [0.5, 0.6) is 0 Å². The molecular weight excluding hydrogens is 371 g/mol. The molecule has 2 aromatic rings. The number of rotatable bonds is 7. The summed E-state index contributed by atoms with van der Waals surface area (Å²) in [5.74, 6) is 0.566. The van der Waals surface area contributed by atoms with Crippen LogP contribution in [-0.2, 0) is 16.1 Å². The molecule has 6 nitrogen and oxygen atoms in total. The number of carbonyl (C=O) groups excluding carboxylic acids is 1. The van der Waals surface area contributed by atoms with Gasteiger partial charge >= 0.3 is 0 Å². The Hall–Kier alpha value is -2.93. The Morgan fingerprint density at radius 1 is 1.17 bits per heavy atom. The summed E-state index contributed by atoms with van der Waals surface area (Å²) in [4.78, 5) is 17.9. The van der Waals surface area contributed by atoms with Crippen LogP contribution in [0, 0.1) is 5.82 Å². The first-order valence-corrected chi connectivity index (χ1v) is 9.73. The van der Waals surface area contributed by atoms with E-state index < -0.39 is 0 Å². The fourth-order valence-electron chi connectivity index (χ4n) is 3.33. The minimum absolute atomic E-state index is 0.189. The number of guanidine groups is 1. The molecule has 1 amide bonds. The number of hydrogen-bond acceptors (Lipinski definition) is 3. The summed E-state index contributed by atoms with van der Waals surface area (Å²) < 4.78 is 18.6. The molecular formula is C22H27FN4O2. The summed E-state index contributed by atoms with van der Waals surface area (Å²) in [6.07, 6.45) is 1.34. The number of aliphatic imine (C=N–C) groups is 1. The Morgan fingerprint density at radius 2 is 1.90 bits per heavy atom. The first-order valence-electron chi connectivity index (χ1n) is 9.73. The summed E-state index contributed by atoms with van der Waals surface area (Å²) in [6, 6.07) is 14.3. The largest absolute Gasteiger partial charge is 0.375 e. The van der Waals surface area contributed by atoms with E-state index in [0.717, 1.165) is 29.8 Å². The standard InChI is InChI=1S/C22H27FN4O2/c1-24-22(26-15-20(29-2)17-7-9-18(23)10-8-17)25-14-16-5-11-19(12-6-16)27-13-3-4-21(27)28/h5-12,20H,3-4,13-15H2,1-2H3,(H2,24,25,26). The highest BCUT2D eigenvalue weighted by Gasteiger charge is 2.21. The fraction of sp³-hybridized carbons (Fsp3) is 0.364. The molecule has 1 aliphatic heterocycles. The van der Waals surface area contributed by atoms with E-state index >= 15 is 0 Å². The SMILES string of the molecule is CN=C(NCc1ccc(N2CCCC2=O)cc1)NCC(OC)c1ccc(F)cc1. The van der Waals surface area contributed by atoms with Crippen LogP contribution in [0.3, 0.4) is 0 Å². The van der Waals surface area contributed by atoms with Crippen LogP contribution in [0.2, 0.25) is 0 Å². The first kappa shape index (κ1) is 20.8. The minimum atomic E-state index is -0.269. The molecule has 2 N–H and O–H groups in total. The van der Waals surface area contributed by atoms with E-state index in [2.05, 4.69) is 15.6 Å². The lowest BCUT2D eigenvalue weighted by Gasteiger charge is -2.19. The lowest BCUT2D eigenvalue weighted by atomic mass is 10.1. The average molecular weight is 398 g/mol. The molecule has 1 fully saturated rings. The predicted octanol–water partition coefficient (Wildman–Crippen LogP) is 3.01. The van der Waals surface area contributed by atoms with Gasteiger partial charge in [0.2, 0.25) is 5.91 Å². The van der Waals surface area contributed by atoms with Crippen molar-refractivity contribution in [1.82, 2.24) is 10.6 Å². The van der Waals surface area contributed by atoms with Gasteiger partial charge in [-0.25, -0.2) is 4.39 Å². The van der Waals surface area contributed by atoms with E-state index in [1.807, 2.05) is 29.2 Å². The van der Waals surface area contributed by atoms with Crippen LogP contribution in [0.1, 0.15) is 30.1 Å². The molecule has 154 valence electrons. The fourth-order valence-corrected chi connectivity index (χ4v) is 3.33. The summed E-state index contributed by atoms with van der Waals surface area (Å²) in [7, 11) is 3.33. The number of nitrogens with zero attached hydrogens (tertiary/aromatic N) is 2. The number of anilines is 1. The lowest BCUT2D eigenvalue weighted by molar-refractivity contribution is -0.117. The van der Waals surface area contributed by atoms with Crippen LogP contribution in [0.15, 0.2) is 53.5 Å². The molecule has 0 radical (unpaired) electrons. The minimum Gasteiger partial charge on any atom is -0.375 e. The zero-order valence-corrected chi connectivity index (χ0v) is 16.8. The number of ether oxygens (including phenoxy) is 1. The van der Waals surface area contributed by atoms with Crippen molar-refractivity contribution >= 4 is 17.6 Å². The van der Waals surface area contributed by atoms with Gasteiger partial charge in [0.15, 0.2) is 5.96 Å². The average Bonchev–Trinajstić information content (AvgIpc) is 3.18. The second-order valence-corrected chi connectivity index (χ2v) is 6.90. The van der Waals surface area contributed by atoms with Gasteiger partial charge in [-0.05, 0) is 41.8 Å². The quantitative estimate of drug-likeness (QED) is 0.556. The lowest BCUT2D eigenvalue weighted by Crippen LogP contribution is -2.39. The molecule has 1 heterocycles. The van der Waals surface area contributed by atoms with Crippen LogP contribution >= 0.6 is 0 Å². The molecule has 7 heteroatoms. The van der Waals surface area contributed by atoms with Gasteiger partial charge in [0.25, 0.3) is 0 Å². The molecule has 1 saturated heterocycles. The number of halogens is 1. The van der Waals surface area contributed by atoms with E-state index in [4.69, 9.17) is 4.74 Å². The molecule has 0 saturated carbocycles. The van der Waals surface area contributed by atoms with Crippen molar-refractivity contribution in [3.63, 3.8) is 0 Å². The van der Waals surface area contributed by atoms with Gasteiger partial charge in [0.05, 0.1) is 6.10 Å². The van der Waals surface area contributed by atoms with Crippen LogP contribution in [0.4, 0.5) is 10.1 Å². The monoisotopic (exact) mass is 398 g/mol. The molecule has 0 aromatic heterocycles. The molecule has 0 bridgehead atoms. The molecule has 1 aliphatic rings. The number of carbonyl (C=O) groups is 1. The number of hydrogen-bond donors (Lipinski definition) is 2. The van der Waals surface area contributed by atoms with Crippen molar-refractivity contribution in [3.05, 3.63) is 65.5 Å². The first-order chi connectivity index (χ1) is 14.1. The smallest absolute Gasteiger partial charge is 0.227 e. The third kappa shape index (κ3) is 5.54. The predicted molar refractivity (Wildman–Crippen MR) is 112 cm³/mol. The van der Waals surface area contributed by atoms with E-state index in [1.165, 1.54) is 12.1 Å². The van der Waals surface area contributed by atoms with E-state index in [-0.39, 0.29) is 17.8 Å². The zero-order valence-electron chi connectivity index (χ0n) is 16.8.